The first-order valence-electron chi connectivity index (χ1n) is 21.4. The molecule has 0 aliphatic rings. The molecule has 0 saturated heterocycles. The van der Waals surface area contributed by atoms with Crippen LogP contribution in [-0.4, -0.2) is 0 Å². The molecule has 0 aliphatic heterocycles. The van der Waals surface area contributed by atoms with Crippen LogP contribution in [-0.2, 0) is 0 Å². The molecule has 228 valence electrons. The first-order chi connectivity index (χ1) is 28.9. The molecule has 0 spiro atoms. The molecule has 0 saturated carbocycles. The van der Waals surface area contributed by atoms with Crippen LogP contribution in [0.15, 0.2) is 186 Å². The Kier molecular flexibility index (Phi) is 4.25. The highest BCUT2D eigenvalue weighted by Crippen LogP contribution is 2.47. The fraction of sp³-hybridized carbons (Fsp3) is 0. The molecular weight excluding hydrogens is 593 g/mol. The molecule has 0 N–H and O–H groups in total. The predicted octanol–water partition coefficient (Wildman–Crippen LogP) is 13.7. The molecule has 1 heterocycles. The zero-order valence-electron chi connectivity index (χ0n) is 36.9. The van der Waals surface area contributed by atoms with Crippen molar-refractivity contribution < 1.29 is 19.5 Å². The summed E-state index contributed by atoms with van der Waals surface area (Å²) in [4.78, 5) is 0. The monoisotopic (exact) mass is 633 g/mol. The predicted molar refractivity (Wildman–Crippen MR) is 208 cm³/mol. The minimum atomic E-state index is -0.442. The first kappa shape index (κ1) is 18.8. The number of benzene rings is 9. The van der Waals surface area contributed by atoms with E-state index in [4.69, 9.17) is 16.8 Å². The van der Waals surface area contributed by atoms with Gasteiger partial charge in [0.2, 0.25) is 0 Å². The average Bonchev–Trinajstić information content (AvgIpc) is 3.67. The number of furan rings is 1. The Labute approximate surface area is 299 Å². The summed E-state index contributed by atoms with van der Waals surface area (Å²) < 4.78 is 103. The molecule has 1 aromatic heterocycles. The summed E-state index contributed by atoms with van der Waals surface area (Å²) in [6, 6.07) is 32.8. The molecule has 1 nitrogen and oxygen atoms in total. The SMILES string of the molecule is [2H]c1c([2H])c([2H])c(-c2ccc3cc(-c4c5ccccc5c(-c5c([2H])c([2H])c([2H])c6oc7c([2H])c([2H])c(-c8ccccc8)c([2H])c7c56)c5ccccc45)ccc3c2)c([2H])c1[2H]. The minimum Gasteiger partial charge on any atom is -0.456 e. The lowest BCUT2D eigenvalue weighted by Gasteiger charge is -2.18. The van der Waals surface area contributed by atoms with E-state index in [1.54, 1.807) is 30.3 Å². The zero-order valence-corrected chi connectivity index (χ0v) is 25.9. The molecule has 0 amide bonds. The van der Waals surface area contributed by atoms with Gasteiger partial charge in [-0.3, -0.25) is 0 Å². The van der Waals surface area contributed by atoms with E-state index in [-0.39, 0.29) is 81.4 Å². The van der Waals surface area contributed by atoms with Crippen molar-refractivity contribution in [1.82, 2.24) is 0 Å². The quantitative estimate of drug-likeness (QED) is 0.176. The lowest BCUT2D eigenvalue weighted by molar-refractivity contribution is 0.669. The van der Waals surface area contributed by atoms with Crippen molar-refractivity contribution in [1.29, 1.82) is 0 Å². The highest BCUT2D eigenvalue weighted by atomic mass is 16.3. The molecule has 10 rings (SSSR count). The molecule has 0 radical (unpaired) electrons. The van der Waals surface area contributed by atoms with Crippen molar-refractivity contribution in [2.45, 2.75) is 0 Å². The lowest BCUT2D eigenvalue weighted by atomic mass is 9.84. The van der Waals surface area contributed by atoms with Crippen LogP contribution < -0.4 is 0 Å². The topological polar surface area (TPSA) is 13.1 Å². The van der Waals surface area contributed by atoms with E-state index < -0.39 is 18.1 Å². The Balaban J connectivity index is 1.26. The third-order valence-corrected chi connectivity index (χ3v) is 9.23. The van der Waals surface area contributed by atoms with Crippen LogP contribution in [0.5, 0.6) is 0 Å². The zero-order chi connectivity index (χ0) is 41.9. The van der Waals surface area contributed by atoms with Gasteiger partial charge in [0, 0.05) is 10.8 Å². The van der Waals surface area contributed by atoms with E-state index in [1.165, 1.54) is 0 Å². The third-order valence-electron chi connectivity index (χ3n) is 9.23. The molecule has 49 heavy (non-hydrogen) atoms. The number of hydrogen-bond acceptors (Lipinski definition) is 1. The van der Waals surface area contributed by atoms with Crippen LogP contribution in [0.2, 0.25) is 0 Å². The van der Waals surface area contributed by atoms with Gasteiger partial charge in [0.05, 0.1) is 15.1 Å². The highest BCUT2D eigenvalue weighted by molar-refractivity contribution is 6.26. The van der Waals surface area contributed by atoms with Gasteiger partial charge in [0.15, 0.2) is 0 Å². The first-order valence-corrected chi connectivity index (χ1v) is 15.9. The van der Waals surface area contributed by atoms with Crippen LogP contribution in [0, 0.1) is 0 Å². The summed E-state index contributed by atoms with van der Waals surface area (Å²) in [6.07, 6.45) is 0. The van der Waals surface area contributed by atoms with Crippen molar-refractivity contribution in [3.05, 3.63) is 182 Å². The van der Waals surface area contributed by atoms with Gasteiger partial charge < -0.3 is 4.42 Å². The Bertz CT molecular complexity index is 3420. The Morgan fingerprint density at radius 3 is 1.73 bits per heavy atom. The number of hydrogen-bond donors (Lipinski definition) is 0. The molecule has 9 aromatic carbocycles. The largest absolute Gasteiger partial charge is 0.456 e. The van der Waals surface area contributed by atoms with Gasteiger partial charge in [-0.05, 0) is 107 Å². The molecule has 0 unspecified atom stereocenters. The van der Waals surface area contributed by atoms with Gasteiger partial charge in [-0.25, -0.2) is 0 Å². The second kappa shape index (κ2) is 11.1. The Morgan fingerprint density at radius 1 is 0.388 bits per heavy atom. The normalized spacial score (nSPS) is 14.8. The van der Waals surface area contributed by atoms with Crippen molar-refractivity contribution in [2.75, 3.05) is 0 Å². The second-order valence-corrected chi connectivity index (χ2v) is 12.0. The van der Waals surface area contributed by atoms with Crippen molar-refractivity contribution in [2.24, 2.45) is 0 Å². The standard InChI is InChI=1S/C48H30O/c1-3-12-31(13-4-1)33-22-23-35-29-37(25-24-34(35)28-33)46-38-16-7-9-18-40(38)47(41-19-10-8-17-39(41)46)42-20-11-21-45-48(42)43-30-36(26-27-44(43)49-45)32-14-5-2-6-15-32/h1-30H/i1D,3D,4D,11D,12D,13D,20D,21D,26D,27D,30D. The maximum absolute atomic E-state index is 9.54. The van der Waals surface area contributed by atoms with Crippen molar-refractivity contribution >= 4 is 54.3 Å². The molecule has 0 bridgehead atoms. The second-order valence-electron chi connectivity index (χ2n) is 12.0. The molecule has 1 heteroatoms. The summed E-state index contributed by atoms with van der Waals surface area (Å²) >= 11 is 0. The van der Waals surface area contributed by atoms with Gasteiger partial charge in [-0.15, -0.1) is 0 Å². The Hall–Kier alpha value is -6.44. The number of fused-ring (bicyclic) bond motifs is 6. The van der Waals surface area contributed by atoms with Crippen LogP contribution in [0.25, 0.3) is 98.8 Å². The van der Waals surface area contributed by atoms with Crippen LogP contribution in [0.4, 0.5) is 0 Å². The maximum atomic E-state index is 9.54. The van der Waals surface area contributed by atoms with Crippen LogP contribution >= 0.6 is 0 Å². The van der Waals surface area contributed by atoms with Gasteiger partial charge >= 0.3 is 0 Å². The molecular formula is C48H30O. The fourth-order valence-corrected chi connectivity index (χ4v) is 7.05. The lowest BCUT2D eigenvalue weighted by Crippen LogP contribution is -1.91. The van der Waals surface area contributed by atoms with Gasteiger partial charge in [0.25, 0.3) is 0 Å². The van der Waals surface area contributed by atoms with E-state index in [1.807, 2.05) is 78.9 Å². The van der Waals surface area contributed by atoms with E-state index in [2.05, 4.69) is 6.07 Å². The van der Waals surface area contributed by atoms with Crippen LogP contribution in [0.3, 0.4) is 0 Å². The molecule has 10 aromatic rings. The molecule has 0 fully saturated rings. The Morgan fingerprint density at radius 2 is 1.02 bits per heavy atom. The molecule has 0 aliphatic carbocycles. The molecule has 0 atom stereocenters. The van der Waals surface area contributed by atoms with E-state index in [0.29, 0.717) is 22.3 Å². The van der Waals surface area contributed by atoms with Crippen molar-refractivity contribution in [3.63, 3.8) is 0 Å². The summed E-state index contributed by atoms with van der Waals surface area (Å²) in [5.41, 5.74) is 4.08. The number of rotatable bonds is 4. The summed E-state index contributed by atoms with van der Waals surface area (Å²) in [5, 5.41) is 5.34. The summed E-state index contributed by atoms with van der Waals surface area (Å²) in [7, 11) is 0. The maximum Gasteiger partial charge on any atom is 0.136 e. The third kappa shape index (κ3) is 4.47. The van der Waals surface area contributed by atoms with Gasteiger partial charge in [-0.2, -0.15) is 0 Å². The van der Waals surface area contributed by atoms with Gasteiger partial charge in [-0.1, -0.05) is 151 Å². The van der Waals surface area contributed by atoms with Crippen molar-refractivity contribution in [3.8, 4) is 44.5 Å². The fourth-order valence-electron chi connectivity index (χ4n) is 7.05. The van der Waals surface area contributed by atoms with E-state index >= 15 is 0 Å². The highest BCUT2D eigenvalue weighted by Gasteiger charge is 2.20. The smallest absolute Gasteiger partial charge is 0.136 e. The van der Waals surface area contributed by atoms with E-state index in [0.717, 1.165) is 43.4 Å². The summed E-state index contributed by atoms with van der Waals surface area (Å²) in [5.74, 6) is 0. The average molecular weight is 634 g/mol. The van der Waals surface area contributed by atoms with Crippen LogP contribution in [0.1, 0.15) is 15.1 Å². The van der Waals surface area contributed by atoms with Gasteiger partial charge in [0.1, 0.15) is 11.2 Å². The minimum absolute atomic E-state index is 0.0256. The summed E-state index contributed by atoms with van der Waals surface area (Å²) in [6.45, 7) is 0. The van der Waals surface area contributed by atoms with E-state index in [9.17, 15) is 2.74 Å².